The van der Waals surface area contributed by atoms with Gasteiger partial charge in [-0.3, -0.25) is 0 Å². The highest BCUT2D eigenvalue weighted by Crippen LogP contribution is 2.23. The second-order valence-electron chi connectivity index (χ2n) is 5.79. The van der Waals surface area contributed by atoms with E-state index in [-0.39, 0.29) is 0 Å². The van der Waals surface area contributed by atoms with E-state index in [2.05, 4.69) is 44.5 Å². The molecular formula is C19H22N6. The van der Waals surface area contributed by atoms with E-state index in [9.17, 15) is 0 Å². The molecule has 0 saturated heterocycles. The molecular weight excluding hydrogens is 312 g/mol. The Balaban J connectivity index is 1.81. The molecule has 2 aromatic carbocycles. The summed E-state index contributed by atoms with van der Waals surface area (Å²) < 4.78 is 0. The summed E-state index contributed by atoms with van der Waals surface area (Å²) in [5.41, 5.74) is 3.15. The minimum absolute atomic E-state index is 0.573. The first-order valence-corrected chi connectivity index (χ1v) is 8.24. The third-order valence-corrected chi connectivity index (χ3v) is 3.83. The first kappa shape index (κ1) is 16.7. The minimum Gasteiger partial charge on any atom is -0.378 e. The van der Waals surface area contributed by atoms with E-state index in [0.717, 1.165) is 23.6 Å². The van der Waals surface area contributed by atoms with E-state index in [0.29, 0.717) is 11.8 Å². The van der Waals surface area contributed by atoms with Crippen molar-refractivity contribution in [2.45, 2.75) is 6.92 Å². The molecule has 128 valence electrons. The van der Waals surface area contributed by atoms with Crippen LogP contribution in [0, 0.1) is 0 Å². The molecule has 0 spiro atoms. The van der Waals surface area contributed by atoms with Crippen LogP contribution in [0.2, 0.25) is 0 Å². The molecule has 1 heterocycles. The van der Waals surface area contributed by atoms with E-state index in [1.807, 2.05) is 61.5 Å². The van der Waals surface area contributed by atoms with Crippen molar-refractivity contribution in [2.24, 2.45) is 0 Å². The molecule has 0 unspecified atom stereocenters. The molecule has 0 aliphatic rings. The van der Waals surface area contributed by atoms with Crippen LogP contribution in [-0.2, 0) is 0 Å². The van der Waals surface area contributed by atoms with Crippen molar-refractivity contribution in [1.29, 1.82) is 0 Å². The Morgan fingerprint density at radius 3 is 2.28 bits per heavy atom. The van der Waals surface area contributed by atoms with Gasteiger partial charge in [-0.2, -0.15) is 10.1 Å². The summed E-state index contributed by atoms with van der Waals surface area (Å²) in [6, 6.07) is 18.2. The Morgan fingerprint density at radius 2 is 1.64 bits per heavy atom. The van der Waals surface area contributed by atoms with Gasteiger partial charge < -0.3 is 15.1 Å². The molecule has 6 nitrogen and oxygen atoms in total. The first-order chi connectivity index (χ1) is 12.2. The van der Waals surface area contributed by atoms with Gasteiger partial charge in [-0.1, -0.05) is 18.2 Å². The van der Waals surface area contributed by atoms with Gasteiger partial charge in [-0.25, -0.2) is 0 Å². The number of aromatic nitrogens is 3. The molecule has 0 atom stereocenters. The van der Waals surface area contributed by atoms with Crippen LogP contribution in [0.25, 0.3) is 0 Å². The monoisotopic (exact) mass is 334 g/mol. The summed E-state index contributed by atoms with van der Waals surface area (Å²) >= 11 is 0. The molecule has 0 saturated carbocycles. The largest absolute Gasteiger partial charge is 0.378 e. The van der Waals surface area contributed by atoms with Crippen LogP contribution < -0.4 is 15.1 Å². The number of hydrogen-bond acceptors (Lipinski definition) is 6. The van der Waals surface area contributed by atoms with E-state index >= 15 is 0 Å². The van der Waals surface area contributed by atoms with Gasteiger partial charge in [-0.05, 0) is 43.3 Å². The third-order valence-electron chi connectivity index (χ3n) is 3.83. The van der Waals surface area contributed by atoms with E-state index in [1.54, 1.807) is 6.20 Å². The molecule has 25 heavy (non-hydrogen) atoms. The SMILES string of the molecule is CCN(c1ccccc1)c1nncc(Nc2ccc(N(C)C)cc2)n1. The Hall–Kier alpha value is -3.15. The Kier molecular flexibility index (Phi) is 5.09. The number of anilines is 5. The standard InChI is InChI=1S/C19H22N6/c1-4-25(17-8-6-5-7-9-17)19-22-18(14-20-23-19)21-15-10-12-16(13-11-15)24(2)3/h5-14H,4H2,1-3H3,(H,21,22,23). The van der Waals surface area contributed by atoms with Crippen LogP contribution in [0.5, 0.6) is 0 Å². The average molecular weight is 334 g/mol. The summed E-state index contributed by atoms with van der Waals surface area (Å²) in [7, 11) is 4.04. The van der Waals surface area contributed by atoms with E-state index in [4.69, 9.17) is 0 Å². The highest BCUT2D eigenvalue weighted by atomic mass is 15.3. The van der Waals surface area contributed by atoms with Crippen LogP contribution in [-0.4, -0.2) is 35.8 Å². The second-order valence-corrected chi connectivity index (χ2v) is 5.79. The maximum atomic E-state index is 4.60. The van der Waals surface area contributed by atoms with Crippen LogP contribution in [0.15, 0.2) is 60.8 Å². The Labute approximate surface area is 148 Å². The van der Waals surface area contributed by atoms with Crippen molar-refractivity contribution in [2.75, 3.05) is 35.8 Å². The summed E-state index contributed by atoms with van der Waals surface area (Å²) in [5, 5.41) is 11.6. The smallest absolute Gasteiger partial charge is 0.251 e. The van der Waals surface area contributed by atoms with Crippen molar-refractivity contribution >= 4 is 28.8 Å². The third kappa shape index (κ3) is 4.03. The van der Waals surface area contributed by atoms with Gasteiger partial charge in [-0.15, -0.1) is 5.10 Å². The molecule has 0 aliphatic heterocycles. The second kappa shape index (κ2) is 7.61. The number of benzene rings is 2. The van der Waals surface area contributed by atoms with Crippen molar-refractivity contribution < 1.29 is 0 Å². The summed E-state index contributed by atoms with van der Waals surface area (Å²) in [6.07, 6.45) is 1.63. The van der Waals surface area contributed by atoms with E-state index < -0.39 is 0 Å². The average Bonchev–Trinajstić information content (AvgIpc) is 2.64. The number of rotatable bonds is 6. The number of hydrogen-bond donors (Lipinski definition) is 1. The van der Waals surface area contributed by atoms with Crippen molar-refractivity contribution in [3.05, 3.63) is 60.8 Å². The maximum Gasteiger partial charge on any atom is 0.251 e. The van der Waals surface area contributed by atoms with Crippen molar-refractivity contribution in [1.82, 2.24) is 15.2 Å². The van der Waals surface area contributed by atoms with Crippen LogP contribution in [0.1, 0.15) is 6.92 Å². The topological polar surface area (TPSA) is 57.2 Å². The molecule has 0 aliphatic carbocycles. The molecule has 3 rings (SSSR count). The summed E-state index contributed by atoms with van der Waals surface area (Å²) in [5.74, 6) is 1.24. The van der Waals surface area contributed by atoms with Gasteiger partial charge >= 0.3 is 0 Å². The van der Waals surface area contributed by atoms with Gasteiger partial charge in [0.05, 0.1) is 6.20 Å². The fraction of sp³-hybridized carbons (Fsp3) is 0.211. The zero-order valence-electron chi connectivity index (χ0n) is 14.7. The van der Waals surface area contributed by atoms with E-state index in [1.165, 1.54) is 0 Å². The van der Waals surface area contributed by atoms with Gasteiger partial charge in [0.25, 0.3) is 5.95 Å². The predicted octanol–water partition coefficient (Wildman–Crippen LogP) is 3.84. The normalized spacial score (nSPS) is 10.4. The predicted molar refractivity (Wildman–Crippen MR) is 103 cm³/mol. The molecule has 0 amide bonds. The van der Waals surface area contributed by atoms with Crippen molar-refractivity contribution in [3.63, 3.8) is 0 Å². The lowest BCUT2D eigenvalue weighted by molar-refractivity contribution is 0.887. The molecule has 1 aromatic heterocycles. The lowest BCUT2D eigenvalue weighted by Crippen LogP contribution is -2.19. The van der Waals surface area contributed by atoms with Crippen LogP contribution >= 0.6 is 0 Å². The Bertz CT molecular complexity index is 802. The molecule has 0 radical (unpaired) electrons. The number of nitrogens with one attached hydrogen (secondary N) is 1. The summed E-state index contributed by atoms with van der Waals surface area (Å²) in [4.78, 5) is 8.69. The fourth-order valence-electron chi connectivity index (χ4n) is 2.51. The zero-order valence-corrected chi connectivity index (χ0v) is 14.7. The van der Waals surface area contributed by atoms with Crippen molar-refractivity contribution in [3.8, 4) is 0 Å². The molecule has 3 aromatic rings. The van der Waals surface area contributed by atoms with Gasteiger partial charge in [0, 0.05) is 37.7 Å². The maximum absolute atomic E-state index is 4.60. The first-order valence-electron chi connectivity index (χ1n) is 8.24. The van der Waals surface area contributed by atoms with Gasteiger partial charge in [0.15, 0.2) is 5.82 Å². The highest BCUT2D eigenvalue weighted by Gasteiger charge is 2.11. The van der Waals surface area contributed by atoms with Crippen LogP contribution in [0.4, 0.5) is 28.8 Å². The number of para-hydroxylation sites is 1. The lowest BCUT2D eigenvalue weighted by atomic mass is 10.2. The Morgan fingerprint density at radius 1 is 0.920 bits per heavy atom. The van der Waals surface area contributed by atoms with Gasteiger partial charge in [0.1, 0.15) is 0 Å². The zero-order chi connectivity index (χ0) is 17.6. The molecule has 1 N–H and O–H groups in total. The molecule has 6 heteroatoms. The van der Waals surface area contributed by atoms with Gasteiger partial charge in [0.2, 0.25) is 0 Å². The quantitative estimate of drug-likeness (QED) is 0.739. The summed E-state index contributed by atoms with van der Waals surface area (Å²) in [6.45, 7) is 2.82. The highest BCUT2D eigenvalue weighted by molar-refractivity contribution is 5.62. The molecule has 0 fully saturated rings. The minimum atomic E-state index is 0.573. The molecule has 0 bridgehead atoms. The number of nitrogens with zero attached hydrogens (tertiary/aromatic N) is 5. The van der Waals surface area contributed by atoms with Crippen LogP contribution in [0.3, 0.4) is 0 Å². The fourth-order valence-corrected chi connectivity index (χ4v) is 2.51. The lowest BCUT2D eigenvalue weighted by Gasteiger charge is -2.20.